The largest absolute Gasteiger partial charge is 0.450 e. The lowest BCUT2D eigenvalue weighted by Gasteiger charge is -2.24. The van der Waals surface area contributed by atoms with E-state index in [4.69, 9.17) is 9.15 Å². The normalized spacial score (nSPS) is 30.9. The van der Waals surface area contributed by atoms with E-state index >= 15 is 0 Å². The third-order valence-electron chi connectivity index (χ3n) is 2.34. The van der Waals surface area contributed by atoms with Crippen molar-refractivity contribution in [1.82, 2.24) is 5.32 Å². The van der Waals surface area contributed by atoms with E-state index < -0.39 is 5.72 Å². The van der Waals surface area contributed by atoms with Crippen molar-refractivity contribution in [3.05, 3.63) is 22.6 Å². The second-order valence-electron chi connectivity index (χ2n) is 4.43. The zero-order chi connectivity index (χ0) is 10.4. The Morgan fingerprint density at radius 1 is 1.36 bits per heavy atom. The Labute approximate surface area is 91.9 Å². The molecular formula is C10H14BrNO2. The number of hydrogen-bond acceptors (Lipinski definition) is 3. The molecule has 0 aliphatic carbocycles. The molecule has 3 nitrogen and oxygen atoms in total. The van der Waals surface area contributed by atoms with Gasteiger partial charge >= 0.3 is 0 Å². The third-order valence-corrected chi connectivity index (χ3v) is 2.77. The molecule has 1 aliphatic heterocycles. The molecule has 2 heterocycles. The van der Waals surface area contributed by atoms with E-state index in [9.17, 15) is 0 Å². The zero-order valence-electron chi connectivity index (χ0n) is 8.56. The molecule has 78 valence electrons. The van der Waals surface area contributed by atoms with E-state index in [2.05, 4.69) is 35.1 Å². The van der Waals surface area contributed by atoms with Gasteiger partial charge in [0.1, 0.15) is 0 Å². The molecule has 14 heavy (non-hydrogen) atoms. The summed E-state index contributed by atoms with van der Waals surface area (Å²) in [6.07, 6.45) is 0. The van der Waals surface area contributed by atoms with Gasteiger partial charge in [-0.2, -0.15) is 0 Å². The van der Waals surface area contributed by atoms with Crippen molar-refractivity contribution in [2.45, 2.75) is 32.0 Å². The highest BCUT2D eigenvalue weighted by molar-refractivity contribution is 9.10. The summed E-state index contributed by atoms with van der Waals surface area (Å²) in [4.78, 5) is 0. The smallest absolute Gasteiger partial charge is 0.175 e. The van der Waals surface area contributed by atoms with Crippen LogP contribution in [0.5, 0.6) is 0 Å². The molecule has 0 bridgehead atoms. The molecule has 1 N–H and O–H groups in total. The first-order valence-corrected chi connectivity index (χ1v) is 5.40. The van der Waals surface area contributed by atoms with Gasteiger partial charge in [-0.25, -0.2) is 0 Å². The SMILES string of the molecule is CC1(C)COC(C)(c2ccc(Br)o2)N1. The highest BCUT2D eigenvalue weighted by Crippen LogP contribution is 2.33. The first-order valence-electron chi connectivity index (χ1n) is 4.60. The summed E-state index contributed by atoms with van der Waals surface area (Å²) >= 11 is 3.28. The van der Waals surface area contributed by atoms with Gasteiger partial charge in [-0.1, -0.05) is 0 Å². The third kappa shape index (κ3) is 1.74. The van der Waals surface area contributed by atoms with E-state index in [1.807, 2.05) is 19.1 Å². The average molecular weight is 260 g/mol. The molecule has 1 aromatic heterocycles. The van der Waals surface area contributed by atoms with Crippen LogP contribution in [0.2, 0.25) is 0 Å². The van der Waals surface area contributed by atoms with Crippen LogP contribution in [0.25, 0.3) is 0 Å². The molecule has 0 aromatic carbocycles. The van der Waals surface area contributed by atoms with E-state index in [-0.39, 0.29) is 5.54 Å². The van der Waals surface area contributed by atoms with Crippen LogP contribution in [0.3, 0.4) is 0 Å². The van der Waals surface area contributed by atoms with Crippen LogP contribution >= 0.6 is 15.9 Å². The van der Waals surface area contributed by atoms with Gasteiger partial charge in [0.2, 0.25) is 0 Å². The highest BCUT2D eigenvalue weighted by Gasteiger charge is 2.43. The zero-order valence-corrected chi connectivity index (χ0v) is 10.1. The van der Waals surface area contributed by atoms with Crippen molar-refractivity contribution in [1.29, 1.82) is 0 Å². The van der Waals surface area contributed by atoms with Crippen molar-refractivity contribution < 1.29 is 9.15 Å². The fourth-order valence-electron chi connectivity index (χ4n) is 1.75. The number of halogens is 1. The minimum Gasteiger partial charge on any atom is -0.450 e. The predicted octanol–water partition coefficient (Wildman–Crippen LogP) is 2.61. The first kappa shape index (κ1) is 10.2. The van der Waals surface area contributed by atoms with Gasteiger partial charge in [0.15, 0.2) is 16.2 Å². The first-order chi connectivity index (χ1) is 6.41. The lowest BCUT2D eigenvalue weighted by molar-refractivity contribution is -0.0160. The van der Waals surface area contributed by atoms with Gasteiger partial charge in [-0.05, 0) is 48.8 Å². The maximum atomic E-state index is 5.73. The molecule has 0 radical (unpaired) electrons. The summed E-state index contributed by atoms with van der Waals surface area (Å²) in [6.45, 7) is 6.88. The van der Waals surface area contributed by atoms with E-state index in [1.165, 1.54) is 0 Å². The van der Waals surface area contributed by atoms with Crippen LogP contribution in [-0.2, 0) is 10.5 Å². The molecule has 1 saturated heterocycles. The van der Waals surface area contributed by atoms with Crippen LogP contribution in [0.15, 0.2) is 21.2 Å². The maximum Gasteiger partial charge on any atom is 0.175 e. The molecule has 1 atom stereocenters. The van der Waals surface area contributed by atoms with E-state index in [1.54, 1.807) is 0 Å². The summed E-state index contributed by atoms with van der Waals surface area (Å²) in [5.74, 6) is 0.801. The minimum atomic E-state index is -0.504. The van der Waals surface area contributed by atoms with E-state index in [0.29, 0.717) is 6.61 Å². The monoisotopic (exact) mass is 259 g/mol. The molecule has 2 rings (SSSR count). The Morgan fingerprint density at radius 3 is 2.50 bits per heavy atom. The van der Waals surface area contributed by atoms with Gasteiger partial charge in [-0.15, -0.1) is 0 Å². The average Bonchev–Trinajstić information content (AvgIpc) is 2.57. The summed E-state index contributed by atoms with van der Waals surface area (Å²) in [6, 6.07) is 3.79. The molecule has 1 aromatic rings. The number of rotatable bonds is 1. The Bertz CT molecular complexity index is 348. The van der Waals surface area contributed by atoms with Crippen LogP contribution < -0.4 is 5.32 Å². The number of nitrogens with one attached hydrogen (secondary N) is 1. The number of hydrogen-bond donors (Lipinski definition) is 1. The van der Waals surface area contributed by atoms with Gasteiger partial charge < -0.3 is 9.15 Å². The number of ether oxygens (including phenoxy) is 1. The summed E-state index contributed by atoms with van der Waals surface area (Å²) in [5.41, 5.74) is -0.510. The minimum absolute atomic E-state index is 0.00594. The lowest BCUT2D eigenvalue weighted by atomic mass is 10.1. The Kier molecular flexibility index (Phi) is 2.25. The molecule has 0 saturated carbocycles. The second-order valence-corrected chi connectivity index (χ2v) is 5.22. The van der Waals surface area contributed by atoms with Crippen LogP contribution in [0, 0.1) is 0 Å². The number of furan rings is 1. The second kappa shape index (κ2) is 3.08. The summed E-state index contributed by atoms with van der Waals surface area (Å²) in [5, 5.41) is 3.40. The van der Waals surface area contributed by atoms with Crippen molar-refractivity contribution >= 4 is 15.9 Å². The molecule has 1 aliphatic rings. The molecule has 1 fully saturated rings. The predicted molar refractivity (Wildman–Crippen MR) is 56.9 cm³/mol. The maximum absolute atomic E-state index is 5.73. The van der Waals surface area contributed by atoms with Crippen LogP contribution in [0.4, 0.5) is 0 Å². The molecule has 1 unspecified atom stereocenters. The molecule has 0 amide bonds. The van der Waals surface area contributed by atoms with E-state index in [0.717, 1.165) is 10.4 Å². The summed E-state index contributed by atoms with van der Waals surface area (Å²) < 4.78 is 11.9. The van der Waals surface area contributed by atoms with Crippen molar-refractivity contribution in [3.63, 3.8) is 0 Å². The Balaban J connectivity index is 2.27. The standard InChI is InChI=1S/C10H14BrNO2/c1-9(2)6-13-10(3,12-9)7-4-5-8(11)14-7/h4-5,12H,6H2,1-3H3. The quantitative estimate of drug-likeness (QED) is 0.842. The highest BCUT2D eigenvalue weighted by atomic mass is 79.9. The van der Waals surface area contributed by atoms with Crippen molar-refractivity contribution in [2.24, 2.45) is 0 Å². The fraction of sp³-hybridized carbons (Fsp3) is 0.600. The molecule has 4 heteroatoms. The topological polar surface area (TPSA) is 34.4 Å². The van der Waals surface area contributed by atoms with Crippen LogP contribution in [-0.4, -0.2) is 12.1 Å². The van der Waals surface area contributed by atoms with Gasteiger partial charge in [0.05, 0.1) is 6.61 Å². The van der Waals surface area contributed by atoms with Crippen LogP contribution in [0.1, 0.15) is 26.5 Å². The van der Waals surface area contributed by atoms with Gasteiger partial charge in [0.25, 0.3) is 0 Å². The summed E-state index contributed by atoms with van der Waals surface area (Å²) in [7, 11) is 0. The van der Waals surface area contributed by atoms with Crippen molar-refractivity contribution in [3.8, 4) is 0 Å². The van der Waals surface area contributed by atoms with Gasteiger partial charge in [0, 0.05) is 5.54 Å². The Hall–Kier alpha value is -0.320. The van der Waals surface area contributed by atoms with Gasteiger partial charge in [-0.3, -0.25) is 5.32 Å². The Morgan fingerprint density at radius 2 is 2.07 bits per heavy atom. The van der Waals surface area contributed by atoms with Crippen molar-refractivity contribution in [2.75, 3.05) is 6.61 Å². The fourth-order valence-corrected chi connectivity index (χ4v) is 2.05. The lowest BCUT2D eigenvalue weighted by Crippen LogP contribution is -2.44. The molecule has 0 spiro atoms. The molecular weight excluding hydrogens is 246 g/mol.